The first-order valence-electron chi connectivity index (χ1n) is 13.1. The van der Waals surface area contributed by atoms with Crippen molar-refractivity contribution in [1.29, 1.82) is 0 Å². The Labute approximate surface area is 227 Å². The molecule has 0 atom stereocenters. The molecule has 1 saturated carbocycles. The second kappa shape index (κ2) is 10.8. The van der Waals surface area contributed by atoms with Gasteiger partial charge < -0.3 is 5.32 Å². The normalized spacial score (nSPS) is 20.2. The van der Waals surface area contributed by atoms with Crippen molar-refractivity contribution in [2.24, 2.45) is 0 Å². The highest BCUT2D eigenvalue weighted by Gasteiger charge is 2.29. The third-order valence-corrected chi connectivity index (χ3v) is 8.70. The predicted molar refractivity (Wildman–Crippen MR) is 146 cm³/mol. The number of halogens is 1. The number of rotatable bonds is 5. The van der Waals surface area contributed by atoms with Gasteiger partial charge in [0.15, 0.2) is 0 Å². The van der Waals surface area contributed by atoms with Crippen LogP contribution in [0, 0.1) is 5.82 Å². The van der Waals surface area contributed by atoms with Gasteiger partial charge in [-0.15, -0.1) is 0 Å². The van der Waals surface area contributed by atoms with Crippen molar-refractivity contribution in [2.45, 2.75) is 56.7 Å². The van der Waals surface area contributed by atoms with E-state index in [9.17, 15) is 18.8 Å². The summed E-state index contributed by atoms with van der Waals surface area (Å²) in [4.78, 5) is 52.5. The molecule has 2 aliphatic rings. The van der Waals surface area contributed by atoms with Gasteiger partial charge in [0.05, 0.1) is 17.1 Å². The van der Waals surface area contributed by atoms with Gasteiger partial charge in [-0.2, -0.15) is 11.8 Å². The number of amides is 1. The maximum absolute atomic E-state index is 14.1. The van der Waals surface area contributed by atoms with E-state index in [4.69, 9.17) is 0 Å². The summed E-state index contributed by atoms with van der Waals surface area (Å²) in [5.41, 5.74) is -0.164. The number of imidazole rings is 1. The SMILES string of the molecule is O=C(NC1CCC(n2c(=O)c3cc(F)cnc3n(C3CCSCC3)c2=O)CC1)c1ccc(-n2ccnc2)nc1. The third-order valence-electron chi connectivity index (χ3n) is 7.65. The molecule has 4 aromatic heterocycles. The van der Waals surface area contributed by atoms with Crippen LogP contribution in [-0.4, -0.2) is 52.1 Å². The maximum Gasteiger partial charge on any atom is 0.333 e. The molecule has 0 bridgehead atoms. The molecule has 5 heterocycles. The maximum atomic E-state index is 14.1. The minimum Gasteiger partial charge on any atom is -0.349 e. The van der Waals surface area contributed by atoms with Gasteiger partial charge in [-0.05, 0) is 68.2 Å². The third kappa shape index (κ3) is 5.00. The summed E-state index contributed by atoms with van der Waals surface area (Å²) in [7, 11) is 0. The smallest absolute Gasteiger partial charge is 0.333 e. The molecular formula is C27H28FN7O3S. The zero-order valence-electron chi connectivity index (χ0n) is 21.2. The van der Waals surface area contributed by atoms with E-state index in [2.05, 4.69) is 20.3 Å². The van der Waals surface area contributed by atoms with Crippen LogP contribution in [0.3, 0.4) is 0 Å². The second-order valence-electron chi connectivity index (χ2n) is 10.0. The van der Waals surface area contributed by atoms with Crippen molar-refractivity contribution < 1.29 is 9.18 Å². The highest BCUT2D eigenvalue weighted by molar-refractivity contribution is 7.99. The van der Waals surface area contributed by atoms with Crippen molar-refractivity contribution in [3.8, 4) is 5.82 Å². The van der Waals surface area contributed by atoms with E-state index in [1.165, 1.54) is 16.8 Å². The molecular weight excluding hydrogens is 521 g/mol. The number of hydrogen-bond acceptors (Lipinski definition) is 7. The van der Waals surface area contributed by atoms with E-state index in [1.54, 1.807) is 40.0 Å². The monoisotopic (exact) mass is 549 g/mol. The molecule has 2 fully saturated rings. The Bertz CT molecular complexity index is 1600. The van der Waals surface area contributed by atoms with Crippen LogP contribution in [0.1, 0.15) is 61.0 Å². The molecule has 39 heavy (non-hydrogen) atoms. The number of nitrogens with one attached hydrogen (secondary N) is 1. The van der Waals surface area contributed by atoms with Gasteiger partial charge in [-0.25, -0.2) is 24.1 Å². The van der Waals surface area contributed by atoms with Crippen molar-refractivity contribution in [2.75, 3.05) is 11.5 Å². The molecule has 0 aromatic carbocycles. The summed E-state index contributed by atoms with van der Waals surface area (Å²) in [5.74, 6) is 1.69. The number of pyridine rings is 2. The Hall–Kier alpha value is -3.80. The Morgan fingerprint density at radius 3 is 2.44 bits per heavy atom. The van der Waals surface area contributed by atoms with Gasteiger partial charge >= 0.3 is 5.69 Å². The average molecular weight is 550 g/mol. The van der Waals surface area contributed by atoms with E-state index in [0.29, 0.717) is 37.1 Å². The first-order valence-corrected chi connectivity index (χ1v) is 14.3. The van der Waals surface area contributed by atoms with E-state index in [-0.39, 0.29) is 40.8 Å². The van der Waals surface area contributed by atoms with Crippen molar-refractivity contribution in [3.05, 3.63) is 81.5 Å². The fraction of sp³-hybridized carbons (Fsp3) is 0.407. The first-order chi connectivity index (χ1) is 19.0. The molecule has 1 N–H and O–H groups in total. The number of nitrogens with zero attached hydrogens (tertiary/aromatic N) is 6. The van der Waals surface area contributed by atoms with Gasteiger partial charge in [0, 0.05) is 36.7 Å². The van der Waals surface area contributed by atoms with Gasteiger partial charge in [-0.3, -0.25) is 23.3 Å². The lowest BCUT2D eigenvalue weighted by Crippen LogP contribution is -2.46. The van der Waals surface area contributed by atoms with Crippen LogP contribution in [-0.2, 0) is 0 Å². The van der Waals surface area contributed by atoms with Crippen LogP contribution < -0.4 is 16.6 Å². The molecule has 202 valence electrons. The summed E-state index contributed by atoms with van der Waals surface area (Å²) < 4.78 is 18.8. The molecule has 0 radical (unpaired) electrons. The van der Waals surface area contributed by atoms with Gasteiger partial charge in [0.1, 0.15) is 23.6 Å². The summed E-state index contributed by atoms with van der Waals surface area (Å²) in [6.07, 6.45) is 11.6. The van der Waals surface area contributed by atoms with Gasteiger partial charge in [0.2, 0.25) is 0 Å². The lowest BCUT2D eigenvalue weighted by Gasteiger charge is -2.31. The fourth-order valence-corrected chi connectivity index (χ4v) is 6.70. The molecule has 12 heteroatoms. The molecule has 1 aliphatic heterocycles. The Morgan fingerprint density at radius 1 is 0.974 bits per heavy atom. The topological polar surface area (TPSA) is 117 Å². The van der Waals surface area contributed by atoms with E-state index in [0.717, 1.165) is 30.5 Å². The second-order valence-corrected chi connectivity index (χ2v) is 11.3. The first kappa shape index (κ1) is 25.5. The summed E-state index contributed by atoms with van der Waals surface area (Å²) in [6.45, 7) is 0. The molecule has 1 aliphatic carbocycles. The number of carbonyl (C=O) groups excluding carboxylic acids is 1. The van der Waals surface area contributed by atoms with Gasteiger partial charge in [-0.1, -0.05) is 0 Å². The Balaban J connectivity index is 1.20. The number of aromatic nitrogens is 6. The molecule has 10 nitrogen and oxygen atoms in total. The van der Waals surface area contributed by atoms with E-state index >= 15 is 0 Å². The highest BCUT2D eigenvalue weighted by Crippen LogP contribution is 2.30. The lowest BCUT2D eigenvalue weighted by atomic mass is 9.90. The van der Waals surface area contributed by atoms with E-state index < -0.39 is 11.4 Å². The Morgan fingerprint density at radius 2 is 1.74 bits per heavy atom. The fourth-order valence-electron chi connectivity index (χ4n) is 5.61. The summed E-state index contributed by atoms with van der Waals surface area (Å²) in [6, 6.07) is 4.17. The largest absolute Gasteiger partial charge is 0.349 e. The molecule has 0 spiro atoms. The predicted octanol–water partition coefficient (Wildman–Crippen LogP) is 3.26. The van der Waals surface area contributed by atoms with Crippen LogP contribution in [0.4, 0.5) is 4.39 Å². The molecule has 4 aromatic rings. The van der Waals surface area contributed by atoms with Crippen LogP contribution in [0.15, 0.2) is 58.9 Å². The van der Waals surface area contributed by atoms with Crippen LogP contribution in [0.5, 0.6) is 0 Å². The number of carbonyl (C=O) groups is 1. The van der Waals surface area contributed by atoms with E-state index in [1.807, 2.05) is 11.8 Å². The van der Waals surface area contributed by atoms with Crippen LogP contribution in [0.2, 0.25) is 0 Å². The molecule has 0 unspecified atom stereocenters. The quantitative estimate of drug-likeness (QED) is 0.406. The standard InChI is InChI=1S/C27H28FN7O3S/c28-18-13-22-24(31-15-18)34(21-7-11-39-12-8-21)27(38)35(26(22)37)20-4-2-19(3-5-20)32-25(36)17-1-6-23(30-14-17)33-10-9-29-16-33/h1,6,9-10,13-16,19-21H,2-5,7-8,11-12H2,(H,32,36). The van der Waals surface area contributed by atoms with Crippen molar-refractivity contribution >= 4 is 28.7 Å². The zero-order chi connectivity index (χ0) is 26.9. The number of fused-ring (bicyclic) bond motifs is 1. The average Bonchev–Trinajstić information content (AvgIpc) is 3.50. The zero-order valence-corrected chi connectivity index (χ0v) is 22.0. The Kier molecular flexibility index (Phi) is 7.03. The summed E-state index contributed by atoms with van der Waals surface area (Å²) in [5, 5.41) is 3.19. The number of hydrogen-bond donors (Lipinski definition) is 1. The minimum absolute atomic E-state index is 0.0736. The molecule has 6 rings (SSSR count). The van der Waals surface area contributed by atoms with Crippen molar-refractivity contribution in [3.63, 3.8) is 0 Å². The highest BCUT2D eigenvalue weighted by atomic mass is 32.2. The van der Waals surface area contributed by atoms with Crippen LogP contribution >= 0.6 is 11.8 Å². The minimum atomic E-state index is -0.602. The summed E-state index contributed by atoms with van der Waals surface area (Å²) >= 11 is 1.84. The molecule has 1 saturated heterocycles. The van der Waals surface area contributed by atoms with Crippen LogP contribution in [0.25, 0.3) is 16.9 Å². The lowest BCUT2D eigenvalue weighted by molar-refractivity contribution is 0.0921. The molecule has 1 amide bonds. The van der Waals surface area contributed by atoms with Crippen molar-refractivity contribution in [1.82, 2.24) is 34.0 Å². The number of thioether (sulfide) groups is 1. The van der Waals surface area contributed by atoms with Gasteiger partial charge in [0.25, 0.3) is 11.5 Å².